The highest BCUT2D eigenvalue weighted by molar-refractivity contribution is 7.89. The molecule has 0 aliphatic carbocycles. The normalized spacial score (nSPS) is 14.4. The number of fused-ring (bicyclic) bond motifs is 1. The van der Waals surface area contributed by atoms with Gasteiger partial charge in [-0.25, -0.2) is 8.42 Å². The molecule has 2 aromatic rings. The molecule has 0 saturated carbocycles. The van der Waals surface area contributed by atoms with Crippen molar-refractivity contribution in [1.29, 1.82) is 5.26 Å². The first-order chi connectivity index (χ1) is 12.0. The van der Waals surface area contributed by atoms with Crippen LogP contribution in [0.3, 0.4) is 0 Å². The molecule has 7 heteroatoms. The molecule has 0 saturated heterocycles. The summed E-state index contributed by atoms with van der Waals surface area (Å²) in [6.45, 7) is 0.669. The number of hydrogen-bond acceptors (Lipinski definition) is 5. The van der Waals surface area contributed by atoms with Crippen LogP contribution in [0.5, 0.6) is 11.5 Å². The van der Waals surface area contributed by atoms with E-state index in [2.05, 4.69) is 0 Å². The maximum Gasteiger partial charge on any atom is 0.243 e. The van der Waals surface area contributed by atoms with Gasteiger partial charge in [-0.3, -0.25) is 0 Å². The quantitative estimate of drug-likeness (QED) is 0.838. The smallest absolute Gasteiger partial charge is 0.243 e. The van der Waals surface area contributed by atoms with Gasteiger partial charge in [0.15, 0.2) is 11.5 Å². The predicted octanol–water partition coefficient (Wildman–Crippen LogP) is 2.32. The minimum atomic E-state index is -3.61. The average Bonchev–Trinajstić information content (AvgIpc) is 2.66. The Morgan fingerprint density at radius 1 is 1.04 bits per heavy atom. The SMILES string of the molecule is COc1cc2c(cc1OC)CN(S(=O)(=O)c1ccc(C#N)cc1)CC2. The molecule has 0 fully saturated rings. The van der Waals surface area contributed by atoms with Crippen molar-refractivity contribution >= 4 is 10.0 Å². The Hall–Kier alpha value is -2.56. The monoisotopic (exact) mass is 358 g/mol. The first kappa shape index (κ1) is 17.3. The Morgan fingerprint density at radius 2 is 1.64 bits per heavy atom. The summed E-state index contributed by atoms with van der Waals surface area (Å²) in [7, 11) is -0.481. The fourth-order valence-corrected chi connectivity index (χ4v) is 4.33. The maximum atomic E-state index is 12.9. The largest absolute Gasteiger partial charge is 0.493 e. The number of benzene rings is 2. The van der Waals surface area contributed by atoms with Crippen molar-refractivity contribution in [2.45, 2.75) is 17.9 Å². The molecule has 1 aliphatic rings. The molecular weight excluding hydrogens is 340 g/mol. The van der Waals surface area contributed by atoms with Crippen LogP contribution in [0.2, 0.25) is 0 Å². The topological polar surface area (TPSA) is 79.6 Å². The summed E-state index contributed by atoms with van der Waals surface area (Å²) in [4.78, 5) is 0.190. The third-order valence-corrected chi connectivity index (χ3v) is 6.16. The summed E-state index contributed by atoms with van der Waals surface area (Å²) < 4.78 is 37.8. The van der Waals surface area contributed by atoms with Gasteiger partial charge in [0.25, 0.3) is 0 Å². The number of methoxy groups -OCH3 is 2. The summed E-state index contributed by atoms with van der Waals surface area (Å²) in [6.07, 6.45) is 0.602. The highest BCUT2D eigenvalue weighted by atomic mass is 32.2. The van der Waals surface area contributed by atoms with Crippen LogP contribution in [0.1, 0.15) is 16.7 Å². The van der Waals surface area contributed by atoms with E-state index in [1.54, 1.807) is 14.2 Å². The van der Waals surface area contributed by atoms with E-state index in [1.807, 2.05) is 18.2 Å². The third kappa shape index (κ3) is 3.18. The molecule has 0 atom stereocenters. The summed E-state index contributed by atoms with van der Waals surface area (Å²) >= 11 is 0. The Bertz CT molecular complexity index is 931. The third-order valence-electron chi connectivity index (χ3n) is 4.30. The Labute approximate surface area is 147 Å². The van der Waals surface area contributed by atoms with Crippen LogP contribution in [0.15, 0.2) is 41.3 Å². The lowest BCUT2D eigenvalue weighted by molar-refractivity contribution is 0.348. The molecule has 130 valence electrons. The van der Waals surface area contributed by atoms with Crippen LogP contribution in [0.25, 0.3) is 0 Å². The molecule has 3 rings (SSSR count). The van der Waals surface area contributed by atoms with Gasteiger partial charge in [0.2, 0.25) is 10.0 Å². The second kappa shape index (κ2) is 6.75. The van der Waals surface area contributed by atoms with Crippen LogP contribution in [0, 0.1) is 11.3 Å². The molecule has 0 unspecified atom stereocenters. The zero-order valence-corrected chi connectivity index (χ0v) is 14.8. The van der Waals surface area contributed by atoms with Gasteiger partial charge >= 0.3 is 0 Å². The van der Waals surface area contributed by atoms with Crippen LogP contribution in [0.4, 0.5) is 0 Å². The highest BCUT2D eigenvalue weighted by Gasteiger charge is 2.29. The molecule has 0 amide bonds. The number of sulfonamides is 1. The van der Waals surface area contributed by atoms with Gasteiger partial charge in [-0.05, 0) is 53.9 Å². The number of hydrogen-bond donors (Lipinski definition) is 0. The Balaban J connectivity index is 1.92. The van der Waals surface area contributed by atoms with Crippen molar-refractivity contribution in [2.24, 2.45) is 0 Å². The molecular formula is C18H18N2O4S. The summed E-state index contributed by atoms with van der Waals surface area (Å²) in [5, 5.41) is 8.85. The fraction of sp³-hybridized carbons (Fsp3) is 0.278. The van der Waals surface area contributed by atoms with E-state index in [0.717, 1.165) is 11.1 Å². The van der Waals surface area contributed by atoms with Crippen LogP contribution >= 0.6 is 0 Å². The first-order valence-corrected chi connectivity index (χ1v) is 9.17. The molecule has 0 spiro atoms. The average molecular weight is 358 g/mol. The van der Waals surface area contributed by atoms with Gasteiger partial charge in [-0.1, -0.05) is 0 Å². The molecule has 6 nitrogen and oxygen atoms in total. The van der Waals surface area contributed by atoms with Gasteiger partial charge in [-0.2, -0.15) is 9.57 Å². The maximum absolute atomic E-state index is 12.9. The molecule has 0 aromatic heterocycles. The lowest BCUT2D eigenvalue weighted by Gasteiger charge is -2.29. The Kier molecular flexibility index (Phi) is 4.66. The second-order valence-electron chi connectivity index (χ2n) is 5.70. The van der Waals surface area contributed by atoms with E-state index in [-0.39, 0.29) is 11.4 Å². The lowest BCUT2D eigenvalue weighted by Crippen LogP contribution is -2.36. The van der Waals surface area contributed by atoms with E-state index in [0.29, 0.717) is 30.0 Å². The van der Waals surface area contributed by atoms with Crippen LogP contribution in [-0.2, 0) is 23.0 Å². The van der Waals surface area contributed by atoms with Crippen molar-refractivity contribution in [3.63, 3.8) is 0 Å². The number of ether oxygens (including phenoxy) is 2. The van der Waals surface area contributed by atoms with Gasteiger partial charge in [0.1, 0.15) is 0 Å². The van der Waals surface area contributed by atoms with E-state index in [1.165, 1.54) is 28.6 Å². The van der Waals surface area contributed by atoms with Gasteiger partial charge < -0.3 is 9.47 Å². The summed E-state index contributed by atoms with van der Waals surface area (Å²) in [6, 6.07) is 11.7. The standard InChI is InChI=1S/C18H18N2O4S/c1-23-17-9-14-7-8-20(12-15(14)10-18(17)24-2)25(21,22)16-5-3-13(11-19)4-6-16/h3-6,9-10H,7-8,12H2,1-2H3. The van der Waals surface area contributed by atoms with E-state index < -0.39 is 10.0 Å². The minimum absolute atomic E-state index is 0.190. The first-order valence-electron chi connectivity index (χ1n) is 7.73. The predicted molar refractivity (Wildman–Crippen MR) is 92.0 cm³/mol. The van der Waals surface area contributed by atoms with Crippen LogP contribution < -0.4 is 9.47 Å². The van der Waals surface area contributed by atoms with Crippen molar-refractivity contribution in [2.75, 3.05) is 20.8 Å². The molecule has 25 heavy (non-hydrogen) atoms. The van der Waals surface area contributed by atoms with Gasteiger partial charge in [0.05, 0.1) is 30.7 Å². The molecule has 0 bridgehead atoms. The zero-order valence-electron chi connectivity index (χ0n) is 14.0. The van der Waals surface area contributed by atoms with Crippen LogP contribution in [-0.4, -0.2) is 33.5 Å². The van der Waals surface area contributed by atoms with Crippen molar-refractivity contribution in [1.82, 2.24) is 4.31 Å². The van der Waals surface area contributed by atoms with Crippen molar-refractivity contribution in [3.8, 4) is 17.6 Å². The van der Waals surface area contributed by atoms with E-state index in [9.17, 15) is 8.42 Å². The fourth-order valence-electron chi connectivity index (χ4n) is 2.91. The van der Waals surface area contributed by atoms with E-state index >= 15 is 0 Å². The number of rotatable bonds is 4. The zero-order chi connectivity index (χ0) is 18.0. The van der Waals surface area contributed by atoms with E-state index in [4.69, 9.17) is 14.7 Å². The van der Waals surface area contributed by atoms with Crippen molar-refractivity contribution < 1.29 is 17.9 Å². The van der Waals surface area contributed by atoms with Gasteiger partial charge in [0, 0.05) is 13.1 Å². The van der Waals surface area contributed by atoms with Gasteiger partial charge in [-0.15, -0.1) is 0 Å². The van der Waals surface area contributed by atoms with Crippen molar-refractivity contribution in [3.05, 3.63) is 53.1 Å². The second-order valence-corrected chi connectivity index (χ2v) is 7.64. The number of nitriles is 1. The molecule has 0 radical (unpaired) electrons. The molecule has 2 aromatic carbocycles. The highest BCUT2D eigenvalue weighted by Crippen LogP contribution is 2.34. The molecule has 1 heterocycles. The lowest BCUT2D eigenvalue weighted by atomic mass is 10.0. The number of nitrogens with zero attached hydrogens (tertiary/aromatic N) is 2. The minimum Gasteiger partial charge on any atom is -0.493 e. The summed E-state index contributed by atoms with van der Waals surface area (Å²) in [5.74, 6) is 1.23. The Morgan fingerprint density at radius 3 is 2.20 bits per heavy atom. The molecule has 1 aliphatic heterocycles. The summed E-state index contributed by atoms with van der Waals surface area (Å²) in [5.41, 5.74) is 2.39. The molecule has 0 N–H and O–H groups in total.